The average Bonchev–Trinajstić information content (AvgIpc) is 3.07. The van der Waals surface area contributed by atoms with Crippen molar-refractivity contribution < 1.29 is 9.68 Å². The molecule has 0 amide bonds. The van der Waals surface area contributed by atoms with Gasteiger partial charge >= 0.3 is 0 Å². The van der Waals surface area contributed by atoms with Gasteiger partial charge in [-0.05, 0) is 19.8 Å². The number of unbranched alkanes of at least 4 members (excludes halogenated alkanes) is 12. The molecule has 1 aliphatic heterocycles. The van der Waals surface area contributed by atoms with Gasteiger partial charge in [-0.3, -0.25) is 9.48 Å². The minimum atomic E-state index is 0.254. The first kappa shape index (κ1) is 24.2. The second-order valence-electron chi connectivity index (χ2n) is 8.06. The highest BCUT2D eigenvalue weighted by molar-refractivity contribution is 5.79. The number of aliphatic hydroxyl groups is 1. The van der Waals surface area contributed by atoms with Gasteiger partial charge in [0, 0.05) is 0 Å². The molecule has 0 fully saturated rings. The van der Waals surface area contributed by atoms with Crippen molar-refractivity contribution in [1.82, 2.24) is 4.90 Å². The van der Waals surface area contributed by atoms with Crippen LogP contribution >= 0.6 is 0 Å². The molecule has 0 aliphatic carbocycles. The van der Waals surface area contributed by atoms with Gasteiger partial charge in [0.1, 0.15) is 19.6 Å². The second-order valence-corrected chi connectivity index (χ2v) is 8.06. The maximum atomic E-state index is 9.22. The number of β-amino-alcohol motifs (C(OH)–C–C–N with tert-alkyl or cyclic N) is 1. The molecule has 0 spiro atoms. The number of rotatable bonds is 18. The summed E-state index contributed by atoms with van der Waals surface area (Å²) in [6.07, 6.45) is 24.0. The fourth-order valence-electron chi connectivity index (χ4n) is 4.07. The predicted molar refractivity (Wildman–Crippen MR) is 119 cm³/mol. The lowest BCUT2D eigenvalue weighted by Gasteiger charge is -2.09. The van der Waals surface area contributed by atoms with Crippen LogP contribution in [0.4, 0.5) is 0 Å². The van der Waals surface area contributed by atoms with Crippen molar-refractivity contribution in [3.05, 3.63) is 12.2 Å². The Morgan fingerprint density at radius 3 is 2.00 bits per heavy atom. The van der Waals surface area contributed by atoms with E-state index in [4.69, 9.17) is 0 Å². The molecule has 3 heteroatoms. The molecule has 0 bridgehead atoms. The van der Waals surface area contributed by atoms with Crippen LogP contribution in [0.5, 0.6) is 0 Å². The molecule has 1 heterocycles. The van der Waals surface area contributed by atoms with Crippen molar-refractivity contribution in [2.75, 3.05) is 32.8 Å². The predicted octanol–water partition coefficient (Wildman–Crippen LogP) is 5.76. The smallest absolute Gasteiger partial charge is 0.251 e. The summed E-state index contributed by atoms with van der Waals surface area (Å²) in [5.41, 5.74) is 0. The van der Waals surface area contributed by atoms with Crippen LogP contribution in [0.2, 0.25) is 0 Å². The van der Waals surface area contributed by atoms with Gasteiger partial charge in [-0.25, -0.2) is 0 Å². The van der Waals surface area contributed by atoms with E-state index >= 15 is 0 Å². The zero-order valence-electron chi connectivity index (χ0n) is 18.4. The van der Waals surface area contributed by atoms with E-state index in [2.05, 4.69) is 35.5 Å². The second kappa shape index (κ2) is 17.3. The Labute approximate surface area is 169 Å². The number of hydrogen-bond acceptors (Lipinski definition) is 2. The van der Waals surface area contributed by atoms with Crippen molar-refractivity contribution in [3.8, 4) is 0 Å². The molecule has 0 saturated heterocycles. The zero-order valence-corrected chi connectivity index (χ0v) is 18.4. The van der Waals surface area contributed by atoms with Crippen molar-refractivity contribution >= 4 is 5.84 Å². The molecule has 0 aromatic heterocycles. The van der Waals surface area contributed by atoms with Gasteiger partial charge in [0.2, 0.25) is 0 Å². The highest BCUT2D eigenvalue weighted by atomic mass is 16.3. The minimum absolute atomic E-state index is 0.254. The van der Waals surface area contributed by atoms with Gasteiger partial charge in [0.25, 0.3) is 5.84 Å². The van der Waals surface area contributed by atoms with E-state index in [-0.39, 0.29) is 6.61 Å². The SMILES string of the molecule is CCCCCCCCCCCCCCC=CCC1=[N+](CCO)CCN1CC. The average molecular weight is 380 g/mol. The van der Waals surface area contributed by atoms with E-state index in [1.165, 1.54) is 89.3 Å². The number of aliphatic hydroxyl groups excluding tert-OH is 1. The summed E-state index contributed by atoms with van der Waals surface area (Å²) in [5.74, 6) is 1.40. The molecule has 1 aliphatic rings. The highest BCUT2D eigenvalue weighted by Gasteiger charge is 2.27. The molecule has 1 rings (SSSR count). The quantitative estimate of drug-likeness (QED) is 0.186. The lowest BCUT2D eigenvalue weighted by atomic mass is 10.0. The Balaban J connectivity index is 1.96. The van der Waals surface area contributed by atoms with Crippen molar-refractivity contribution in [3.63, 3.8) is 0 Å². The van der Waals surface area contributed by atoms with Gasteiger partial charge in [-0.2, -0.15) is 0 Å². The third-order valence-electron chi connectivity index (χ3n) is 5.81. The fraction of sp³-hybridized carbons (Fsp3) is 0.875. The van der Waals surface area contributed by atoms with Crippen LogP contribution in [0.3, 0.4) is 0 Å². The Hall–Kier alpha value is -0.830. The summed E-state index contributed by atoms with van der Waals surface area (Å²) in [6.45, 7) is 8.79. The number of likely N-dealkylation sites (N-methyl/N-ethyl adjacent to an activating group) is 1. The van der Waals surface area contributed by atoms with Crippen LogP contribution in [-0.4, -0.2) is 53.2 Å². The lowest BCUT2D eigenvalue weighted by Crippen LogP contribution is -2.29. The molecule has 1 N–H and O–H groups in total. The van der Waals surface area contributed by atoms with Crippen molar-refractivity contribution in [2.24, 2.45) is 0 Å². The third-order valence-corrected chi connectivity index (χ3v) is 5.81. The minimum Gasteiger partial charge on any atom is -0.392 e. The summed E-state index contributed by atoms with van der Waals surface area (Å²) >= 11 is 0. The Morgan fingerprint density at radius 2 is 1.44 bits per heavy atom. The standard InChI is InChI=1S/C24H47N2O/c1-3-5-6-7-8-9-10-11-12-13-14-15-16-17-18-19-24-25(4-2)20-21-26(24)22-23-27/h17-18,27H,3-16,19-23H2,1-2H3/q+1. The number of allylic oxidation sites excluding steroid dienone is 1. The molecular formula is C24H47N2O+. The molecular weight excluding hydrogens is 332 g/mol. The lowest BCUT2D eigenvalue weighted by molar-refractivity contribution is -0.521. The molecule has 158 valence electrons. The number of nitrogens with zero attached hydrogens (tertiary/aromatic N) is 2. The maximum absolute atomic E-state index is 9.22. The highest BCUT2D eigenvalue weighted by Crippen LogP contribution is 2.13. The van der Waals surface area contributed by atoms with Gasteiger partial charge in [0.05, 0.1) is 19.6 Å². The maximum Gasteiger partial charge on any atom is 0.251 e. The van der Waals surface area contributed by atoms with Crippen LogP contribution in [0.25, 0.3) is 0 Å². The first-order valence-corrected chi connectivity index (χ1v) is 11.9. The largest absolute Gasteiger partial charge is 0.392 e. The summed E-state index contributed by atoms with van der Waals surface area (Å²) < 4.78 is 2.34. The van der Waals surface area contributed by atoms with Gasteiger partial charge in [-0.15, -0.1) is 0 Å². The van der Waals surface area contributed by atoms with Gasteiger partial charge in [0.15, 0.2) is 0 Å². The third kappa shape index (κ3) is 11.6. The monoisotopic (exact) mass is 379 g/mol. The molecule has 0 atom stereocenters. The summed E-state index contributed by atoms with van der Waals surface area (Å²) in [5, 5.41) is 9.22. The van der Waals surface area contributed by atoms with Gasteiger partial charge < -0.3 is 5.11 Å². The Bertz CT molecular complexity index is 403. The van der Waals surface area contributed by atoms with Gasteiger partial charge in [-0.1, -0.05) is 89.7 Å². The number of hydrogen-bond donors (Lipinski definition) is 1. The molecule has 0 aromatic carbocycles. The molecule has 0 saturated carbocycles. The van der Waals surface area contributed by atoms with E-state index in [9.17, 15) is 5.11 Å². The molecule has 27 heavy (non-hydrogen) atoms. The van der Waals surface area contributed by atoms with Crippen LogP contribution < -0.4 is 0 Å². The van der Waals surface area contributed by atoms with E-state index in [0.29, 0.717) is 0 Å². The van der Waals surface area contributed by atoms with E-state index < -0.39 is 0 Å². The van der Waals surface area contributed by atoms with Crippen LogP contribution in [-0.2, 0) is 0 Å². The first-order valence-electron chi connectivity index (χ1n) is 11.9. The molecule has 0 radical (unpaired) electrons. The zero-order chi connectivity index (χ0) is 19.6. The number of amidine groups is 1. The van der Waals surface area contributed by atoms with Crippen LogP contribution in [0, 0.1) is 0 Å². The molecule has 0 unspecified atom stereocenters. The normalized spacial score (nSPS) is 14.9. The Morgan fingerprint density at radius 1 is 0.852 bits per heavy atom. The fourth-order valence-corrected chi connectivity index (χ4v) is 4.07. The first-order chi connectivity index (χ1) is 13.3. The van der Waals surface area contributed by atoms with E-state index in [0.717, 1.165) is 32.6 Å². The van der Waals surface area contributed by atoms with E-state index in [1.54, 1.807) is 0 Å². The summed E-state index contributed by atoms with van der Waals surface area (Å²) in [4.78, 5) is 2.45. The molecule has 3 nitrogen and oxygen atoms in total. The summed E-state index contributed by atoms with van der Waals surface area (Å²) in [7, 11) is 0. The Kier molecular flexibility index (Phi) is 15.5. The molecule has 0 aromatic rings. The van der Waals surface area contributed by atoms with E-state index in [1.807, 2.05) is 0 Å². The topological polar surface area (TPSA) is 26.5 Å². The van der Waals surface area contributed by atoms with Crippen molar-refractivity contribution in [2.45, 2.75) is 104 Å². The van der Waals surface area contributed by atoms with Crippen molar-refractivity contribution in [1.29, 1.82) is 0 Å². The summed E-state index contributed by atoms with van der Waals surface area (Å²) in [6, 6.07) is 0. The van der Waals surface area contributed by atoms with Crippen LogP contribution in [0.1, 0.15) is 104 Å². The van der Waals surface area contributed by atoms with Crippen LogP contribution in [0.15, 0.2) is 12.2 Å².